The summed E-state index contributed by atoms with van der Waals surface area (Å²) in [5, 5.41) is 3.50. The molecule has 1 N–H and O–H groups in total. The van der Waals surface area contributed by atoms with Crippen LogP contribution in [0.1, 0.15) is 13.8 Å². The van der Waals surface area contributed by atoms with E-state index in [1.807, 2.05) is 78.2 Å². The Morgan fingerprint density at radius 2 is 2.06 bits per heavy atom. The second kappa shape index (κ2) is 13.4. The molecular formula is C21H25ClF2IN6PS. The van der Waals surface area contributed by atoms with E-state index in [2.05, 4.69) is 27.0 Å². The normalized spacial score (nSPS) is 10.9. The third kappa shape index (κ3) is 7.24. The summed E-state index contributed by atoms with van der Waals surface area (Å²) in [6, 6.07) is 7.55. The molecule has 0 radical (unpaired) electrons. The molecule has 1 atom stereocenters. The highest BCUT2D eigenvalue weighted by Gasteiger charge is 2.21. The lowest BCUT2D eigenvalue weighted by Crippen LogP contribution is -2.20. The minimum Gasteiger partial charge on any atom is -0.353 e. The number of nitrogens with one attached hydrogen (secondary N) is 1. The molecule has 12 heteroatoms. The van der Waals surface area contributed by atoms with Crippen LogP contribution in [0.25, 0.3) is 11.3 Å². The Balaban J connectivity index is 0.00000187. The van der Waals surface area contributed by atoms with Gasteiger partial charge < -0.3 is 14.6 Å². The van der Waals surface area contributed by atoms with Crippen LogP contribution in [-0.2, 0) is 7.05 Å². The van der Waals surface area contributed by atoms with E-state index < -0.39 is 13.0 Å². The first-order chi connectivity index (χ1) is 15.9. The molecule has 0 bridgehead atoms. The number of nitrogens with zero attached hydrogens (tertiary/aromatic N) is 5. The topological polar surface area (TPSA) is 58.3 Å². The summed E-state index contributed by atoms with van der Waals surface area (Å²) in [6.45, 7) is 7.15. The number of aliphatic imine (C=N–C) groups is 1. The molecule has 1 unspecified atom stereocenters. The monoisotopic (exact) mass is 624 g/mol. The molecule has 178 valence electrons. The Labute approximate surface area is 217 Å². The van der Waals surface area contributed by atoms with Gasteiger partial charge >= 0.3 is 0 Å². The molecule has 3 aromatic rings. The molecule has 0 amide bonds. The molecule has 0 aliphatic heterocycles. The number of benzene rings is 1. The van der Waals surface area contributed by atoms with Crippen LogP contribution in [0.4, 0.5) is 31.7 Å². The first-order valence-corrected chi connectivity index (χ1v) is 15.5. The zero-order valence-electron chi connectivity index (χ0n) is 18.6. The van der Waals surface area contributed by atoms with Crippen molar-refractivity contribution < 1.29 is 8.78 Å². The van der Waals surface area contributed by atoms with E-state index in [0.29, 0.717) is 11.4 Å². The number of aryl methyl sites for hydroxylation is 1. The van der Waals surface area contributed by atoms with Crippen molar-refractivity contribution in [1.29, 1.82) is 0 Å². The summed E-state index contributed by atoms with van der Waals surface area (Å²) in [5.41, 5.74) is 3.59. The van der Waals surface area contributed by atoms with Crippen molar-refractivity contribution in [3.8, 4) is 11.3 Å². The first kappa shape index (κ1) is 27.8. The number of pyridine rings is 1. The number of alkyl halides is 2. The third-order valence-corrected chi connectivity index (χ3v) is 7.57. The summed E-state index contributed by atoms with van der Waals surface area (Å²) >= 11 is 9.82. The standard InChI is InChI=1S/C19H19ClF2IN6PS.C2H6/c1-24-18-13(7-16(20)27-19(18)29(30-23)9-17(21)22)26-12-5-4-11(6-15(12)31-3)14-8-28(2)10-25-14;1-2/h4-8,10,17,30H,1,9H2,2-3H3,(H,26,27);1-2H3. The average Bonchev–Trinajstić information content (AvgIpc) is 3.24. The molecule has 2 aromatic heterocycles. The smallest absolute Gasteiger partial charge is 0.256 e. The van der Waals surface area contributed by atoms with E-state index in [-0.39, 0.29) is 17.3 Å². The minimum absolute atomic E-state index is 0.0347. The number of hydrogen-bond acceptors (Lipinski definition) is 6. The summed E-state index contributed by atoms with van der Waals surface area (Å²) < 4.78 is 29.4. The van der Waals surface area contributed by atoms with Gasteiger partial charge in [-0.1, -0.05) is 31.5 Å². The maximum Gasteiger partial charge on any atom is 0.256 e. The Morgan fingerprint density at radius 1 is 1.33 bits per heavy atom. The van der Waals surface area contributed by atoms with Crippen molar-refractivity contribution in [2.45, 2.75) is 25.2 Å². The Kier molecular flexibility index (Phi) is 11.3. The van der Waals surface area contributed by atoms with Gasteiger partial charge in [-0.15, -0.1) is 11.8 Å². The minimum atomic E-state index is -2.51. The second-order valence-corrected chi connectivity index (χ2v) is 9.76. The van der Waals surface area contributed by atoms with Gasteiger partial charge in [-0.2, -0.15) is 0 Å². The fraction of sp³-hybridized carbons (Fsp3) is 0.286. The van der Waals surface area contributed by atoms with Crippen molar-refractivity contribution in [2.24, 2.45) is 12.0 Å². The fourth-order valence-electron chi connectivity index (χ4n) is 2.89. The van der Waals surface area contributed by atoms with Gasteiger partial charge in [-0.25, -0.2) is 18.7 Å². The lowest BCUT2D eigenvalue weighted by atomic mass is 10.1. The number of imidazole rings is 1. The molecule has 0 aliphatic carbocycles. The van der Waals surface area contributed by atoms with Crippen molar-refractivity contribution in [3.63, 3.8) is 0 Å². The lowest BCUT2D eigenvalue weighted by Gasteiger charge is -2.23. The first-order valence-electron chi connectivity index (χ1n) is 9.88. The highest BCUT2D eigenvalue weighted by molar-refractivity contribution is 14.2. The molecule has 6 nitrogen and oxygen atoms in total. The molecule has 0 fully saturated rings. The molecule has 2 heterocycles. The van der Waals surface area contributed by atoms with Crippen LogP contribution in [0.2, 0.25) is 5.15 Å². The summed E-state index contributed by atoms with van der Waals surface area (Å²) in [4.78, 5) is 13.7. The summed E-state index contributed by atoms with van der Waals surface area (Å²) in [7, 11) is 1.92. The van der Waals surface area contributed by atoms with Gasteiger partial charge in [0.25, 0.3) is 6.43 Å². The molecule has 33 heavy (non-hydrogen) atoms. The largest absolute Gasteiger partial charge is 0.353 e. The second-order valence-electron chi connectivity index (χ2n) is 6.37. The average molecular weight is 625 g/mol. The molecular weight excluding hydrogens is 600 g/mol. The van der Waals surface area contributed by atoms with Crippen LogP contribution in [0.5, 0.6) is 0 Å². The third-order valence-electron chi connectivity index (χ3n) is 4.25. The molecule has 0 saturated carbocycles. The Bertz CT molecular complexity index is 1080. The Morgan fingerprint density at radius 3 is 2.61 bits per heavy atom. The van der Waals surface area contributed by atoms with E-state index in [0.717, 1.165) is 21.8 Å². The maximum atomic E-state index is 13.0. The lowest BCUT2D eigenvalue weighted by molar-refractivity contribution is 0.159. The van der Waals surface area contributed by atoms with Gasteiger partial charge in [0.05, 0.1) is 29.9 Å². The number of thioether (sulfide) groups is 1. The highest BCUT2D eigenvalue weighted by Crippen LogP contribution is 2.44. The summed E-state index contributed by atoms with van der Waals surface area (Å²) in [6.07, 6.45) is 3.19. The molecule has 0 spiro atoms. The van der Waals surface area contributed by atoms with Gasteiger partial charge in [0.2, 0.25) is 0 Å². The van der Waals surface area contributed by atoms with Crippen LogP contribution in [0.15, 0.2) is 46.7 Å². The van der Waals surface area contributed by atoms with Gasteiger partial charge in [0.15, 0.2) is 5.82 Å². The predicted octanol–water partition coefficient (Wildman–Crippen LogP) is 7.97. The fourth-order valence-corrected chi connectivity index (χ4v) is 5.39. The van der Waals surface area contributed by atoms with Crippen molar-refractivity contribution in [1.82, 2.24) is 14.5 Å². The van der Waals surface area contributed by atoms with E-state index >= 15 is 0 Å². The van der Waals surface area contributed by atoms with Gasteiger partial charge in [-0.3, -0.25) is 4.99 Å². The summed E-state index contributed by atoms with van der Waals surface area (Å²) in [5.74, 6) is 0.272. The van der Waals surface area contributed by atoms with Gasteiger partial charge in [0, 0.05) is 36.1 Å². The number of aromatic nitrogens is 3. The van der Waals surface area contributed by atoms with Crippen LogP contribution in [-0.4, -0.2) is 40.5 Å². The van der Waals surface area contributed by atoms with Crippen LogP contribution < -0.4 is 9.99 Å². The van der Waals surface area contributed by atoms with E-state index in [1.165, 1.54) is 4.67 Å². The number of rotatable bonds is 9. The molecule has 0 saturated heterocycles. The van der Waals surface area contributed by atoms with Crippen LogP contribution in [0.3, 0.4) is 0 Å². The van der Waals surface area contributed by atoms with E-state index in [1.54, 1.807) is 24.2 Å². The number of anilines is 3. The maximum absolute atomic E-state index is 13.0. The molecule has 3 rings (SSSR count). The van der Waals surface area contributed by atoms with Crippen molar-refractivity contribution in [3.05, 3.63) is 41.9 Å². The highest BCUT2D eigenvalue weighted by atomic mass is 127. The number of halogens is 4. The SMILES string of the molecule is C=Nc1c(Nc2ccc(-c3cn(C)cn3)cc2SC)cc(Cl)nc1N(CC(F)F)PI.CC. The van der Waals surface area contributed by atoms with Crippen LogP contribution in [0, 0.1) is 0 Å². The van der Waals surface area contributed by atoms with Crippen molar-refractivity contribution >= 4 is 81.4 Å². The van der Waals surface area contributed by atoms with Gasteiger partial charge in [0.1, 0.15) is 10.8 Å². The molecule has 1 aromatic carbocycles. The van der Waals surface area contributed by atoms with E-state index in [9.17, 15) is 8.78 Å². The Hall–Kier alpha value is -1.49. The van der Waals surface area contributed by atoms with Crippen molar-refractivity contribution in [2.75, 3.05) is 22.8 Å². The predicted molar refractivity (Wildman–Crippen MR) is 149 cm³/mol. The van der Waals surface area contributed by atoms with Gasteiger partial charge in [-0.05, 0) is 47.1 Å². The van der Waals surface area contributed by atoms with Crippen LogP contribution >= 0.6 is 51.8 Å². The zero-order valence-corrected chi connectivity index (χ0v) is 23.3. The number of hydrogen-bond donors (Lipinski definition) is 1. The van der Waals surface area contributed by atoms with E-state index in [4.69, 9.17) is 11.6 Å². The quantitative estimate of drug-likeness (QED) is 0.0860. The molecule has 0 aliphatic rings. The zero-order chi connectivity index (χ0) is 24.5.